The van der Waals surface area contributed by atoms with E-state index in [1.807, 2.05) is 30.3 Å². The van der Waals surface area contributed by atoms with E-state index in [1.165, 1.54) is 0 Å². The smallest absolute Gasteiger partial charge is 0.248 e. The van der Waals surface area contributed by atoms with E-state index in [0.29, 0.717) is 19.0 Å². The summed E-state index contributed by atoms with van der Waals surface area (Å²) in [4.78, 5) is 24.7. The van der Waals surface area contributed by atoms with Crippen molar-refractivity contribution in [2.24, 2.45) is 11.7 Å². The second-order valence-corrected chi connectivity index (χ2v) is 6.08. The minimum Gasteiger partial charge on any atom is -0.368 e. The van der Waals surface area contributed by atoms with Crippen molar-refractivity contribution >= 4 is 11.8 Å². The number of nitrogens with two attached hydrogens (primary N) is 1. The summed E-state index contributed by atoms with van der Waals surface area (Å²) in [7, 11) is 0. The van der Waals surface area contributed by atoms with Crippen molar-refractivity contribution in [1.82, 2.24) is 4.90 Å². The van der Waals surface area contributed by atoms with Crippen molar-refractivity contribution < 1.29 is 19.1 Å². The molecule has 0 radical (unpaired) electrons. The number of hydrogen-bond donors (Lipinski definition) is 1. The number of carbonyl (C=O) groups is 2. The molecule has 23 heavy (non-hydrogen) atoms. The molecule has 6 heteroatoms. The fourth-order valence-electron chi connectivity index (χ4n) is 2.54. The van der Waals surface area contributed by atoms with Crippen LogP contribution in [0.2, 0.25) is 0 Å². The van der Waals surface area contributed by atoms with Crippen LogP contribution in [-0.4, -0.2) is 49.1 Å². The molecule has 1 fully saturated rings. The Hall–Kier alpha value is -1.92. The fourth-order valence-corrected chi connectivity index (χ4v) is 2.54. The highest BCUT2D eigenvalue weighted by atomic mass is 16.5. The van der Waals surface area contributed by atoms with Crippen LogP contribution in [0.25, 0.3) is 0 Å². The molecule has 1 saturated heterocycles. The van der Waals surface area contributed by atoms with Crippen molar-refractivity contribution in [3.05, 3.63) is 35.9 Å². The zero-order valence-corrected chi connectivity index (χ0v) is 13.6. The van der Waals surface area contributed by atoms with Crippen molar-refractivity contribution in [3.63, 3.8) is 0 Å². The Balaban J connectivity index is 2.03. The summed E-state index contributed by atoms with van der Waals surface area (Å²) >= 11 is 0. The molecule has 0 bridgehead atoms. The quantitative estimate of drug-likeness (QED) is 0.851. The lowest BCUT2D eigenvalue weighted by molar-refractivity contribution is -0.154. The molecule has 0 saturated carbocycles. The lowest BCUT2D eigenvalue weighted by Gasteiger charge is -2.40. The van der Waals surface area contributed by atoms with Gasteiger partial charge in [-0.15, -0.1) is 0 Å². The lowest BCUT2D eigenvalue weighted by Crippen LogP contribution is -2.49. The Bertz CT molecular complexity index is 533. The first-order chi connectivity index (χ1) is 11.0. The average molecular weight is 320 g/mol. The normalized spacial score (nSPS) is 21.4. The van der Waals surface area contributed by atoms with Crippen molar-refractivity contribution in [3.8, 4) is 0 Å². The molecule has 126 valence electrons. The molecule has 0 aliphatic carbocycles. The minimum atomic E-state index is -0.581. The Morgan fingerprint density at radius 3 is 2.57 bits per heavy atom. The Kier molecular flexibility index (Phi) is 6.12. The van der Waals surface area contributed by atoms with Crippen LogP contribution in [0.15, 0.2) is 30.3 Å². The molecule has 6 nitrogen and oxygen atoms in total. The molecule has 0 aromatic heterocycles. The highest BCUT2D eigenvalue weighted by Crippen LogP contribution is 2.28. The van der Waals surface area contributed by atoms with Crippen molar-refractivity contribution in [2.75, 3.05) is 26.3 Å². The van der Waals surface area contributed by atoms with Crippen LogP contribution in [0.1, 0.15) is 25.5 Å². The van der Waals surface area contributed by atoms with Gasteiger partial charge in [0.1, 0.15) is 19.3 Å². The van der Waals surface area contributed by atoms with Gasteiger partial charge in [-0.2, -0.15) is 0 Å². The summed E-state index contributed by atoms with van der Waals surface area (Å²) in [6, 6.07) is 9.87. The van der Waals surface area contributed by atoms with Gasteiger partial charge in [-0.05, 0) is 11.5 Å². The Morgan fingerprint density at radius 2 is 1.96 bits per heavy atom. The molecule has 2 N–H and O–H groups in total. The summed E-state index contributed by atoms with van der Waals surface area (Å²) in [6.07, 6.45) is -0.188. The van der Waals surface area contributed by atoms with E-state index in [4.69, 9.17) is 15.2 Å². The highest BCUT2D eigenvalue weighted by Gasteiger charge is 2.32. The van der Waals surface area contributed by atoms with Gasteiger partial charge < -0.3 is 20.1 Å². The van der Waals surface area contributed by atoms with Crippen LogP contribution in [0.4, 0.5) is 0 Å². The highest BCUT2D eigenvalue weighted by molar-refractivity contribution is 5.79. The molecule has 0 spiro atoms. The fraction of sp³-hybridized carbons (Fsp3) is 0.529. The number of nitrogens with zero attached hydrogens (tertiary/aromatic N) is 1. The minimum absolute atomic E-state index is 0.0333. The van der Waals surface area contributed by atoms with E-state index in [2.05, 4.69) is 13.8 Å². The molecule has 1 aliphatic heterocycles. The van der Waals surface area contributed by atoms with Gasteiger partial charge in [-0.25, -0.2) is 0 Å². The second-order valence-electron chi connectivity index (χ2n) is 6.08. The lowest BCUT2D eigenvalue weighted by atomic mass is 10.0. The van der Waals surface area contributed by atoms with Crippen LogP contribution >= 0.6 is 0 Å². The van der Waals surface area contributed by atoms with Gasteiger partial charge in [0, 0.05) is 6.54 Å². The first kappa shape index (κ1) is 17.4. The molecule has 2 rings (SSSR count). The summed E-state index contributed by atoms with van der Waals surface area (Å²) in [5.74, 6) is -0.438. The van der Waals surface area contributed by atoms with E-state index in [1.54, 1.807) is 4.90 Å². The van der Waals surface area contributed by atoms with E-state index in [-0.39, 0.29) is 31.3 Å². The Labute approximate surface area is 136 Å². The summed E-state index contributed by atoms with van der Waals surface area (Å²) in [5, 5.41) is 0. The van der Waals surface area contributed by atoms with Gasteiger partial charge in [0.2, 0.25) is 11.8 Å². The van der Waals surface area contributed by atoms with E-state index >= 15 is 0 Å². The van der Waals surface area contributed by atoms with Gasteiger partial charge in [-0.3, -0.25) is 9.59 Å². The molecular formula is C17H24N2O4. The maximum atomic E-state index is 12.3. The molecule has 0 unspecified atom stereocenters. The second kappa shape index (κ2) is 8.08. The van der Waals surface area contributed by atoms with Crippen LogP contribution in [0.5, 0.6) is 0 Å². The summed E-state index contributed by atoms with van der Waals surface area (Å²) < 4.78 is 11.2. The Morgan fingerprint density at radius 1 is 1.26 bits per heavy atom. The largest absolute Gasteiger partial charge is 0.368 e. The van der Waals surface area contributed by atoms with E-state index < -0.39 is 5.91 Å². The number of ether oxygens (including phenoxy) is 2. The van der Waals surface area contributed by atoms with Crippen LogP contribution in [0, 0.1) is 5.92 Å². The SMILES string of the molecule is CC(C)[C@H]1CN(C(=O)COCC(N)=O)C[C@@H](c2ccccc2)O1. The predicted molar refractivity (Wildman–Crippen MR) is 85.5 cm³/mol. The van der Waals surface area contributed by atoms with Gasteiger partial charge in [0.25, 0.3) is 0 Å². The first-order valence-corrected chi connectivity index (χ1v) is 7.81. The number of hydrogen-bond acceptors (Lipinski definition) is 4. The summed E-state index contributed by atoms with van der Waals surface area (Å²) in [6.45, 7) is 4.77. The van der Waals surface area contributed by atoms with Gasteiger partial charge in [0.15, 0.2) is 0 Å². The van der Waals surface area contributed by atoms with Gasteiger partial charge in [-0.1, -0.05) is 44.2 Å². The molecule has 2 atom stereocenters. The zero-order valence-electron chi connectivity index (χ0n) is 13.6. The maximum Gasteiger partial charge on any atom is 0.248 e. The van der Waals surface area contributed by atoms with Crippen molar-refractivity contribution in [2.45, 2.75) is 26.1 Å². The van der Waals surface area contributed by atoms with E-state index in [9.17, 15) is 9.59 Å². The third-order valence-electron chi connectivity index (χ3n) is 3.86. The zero-order chi connectivity index (χ0) is 16.8. The third kappa shape index (κ3) is 5.04. The molecule has 1 aromatic rings. The van der Waals surface area contributed by atoms with Gasteiger partial charge in [0.05, 0.1) is 12.6 Å². The third-order valence-corrected chi connectivity index (χ3v) is 3.86. The standard InChI is InChI=1S/C17H24N2O4/c1-12(2)14-8-19(17(21)11-22-10-16(18)20)9-15(23-14)13-6-4-3-5-7-13/h3-7,12,14-15H,8-11H2,1-2H3,(H2,18,20)/t14-,15+/m1/s1. The van der Waals surface area contributed by atoms with Gasteiger partial charge >= 0.3 is 0 Å². The number of morpholine rings is 1. The van der Waals surface area contributed by atoms with E-state index in [0.717, 1.165) is 5.56 Å². The summed E-state index contributed by atoms with van der Waals surface area (Å²) in [5.41, 5.74) is 6.06. The van der Waals surface area contributed by atoms with Crippen LogP contribution in [-0.2, 0) is 19.1 Å². The average Bonchev–Trinajstić information content (AvgIpc) is 2.54. The first-order valence-electron chi connectivity index (χ1n) is 7.81. The maximum absolute atomic E-state index is 12.3. The number of benzene rings is 1. The monoisotopic (exact) mass is 320 g/mol. The molecule has 1 aromatic carbocycles. The number of primary amides is 1. The number of rotatable bonds is 6. The van der Waals surface area contributed by atoms with Crippen molar-refractivity contribution in [1.29, 1.82) is 0 Å². The van der Waals surface area contributed by atoms with Crippen LogP contribution < -0.4 is 5.73 Å². The van der Waals surface area contributed by atoms with Crippen LogP contribution in [0.3, 0.4) is 0 Å². The molecule has 1 heterocycles. The molecule has 1 aliphatic rings. The molecular weight excluding hydrogens is 296 g/mol. The topological polar surface area (TPSA) is 81.9 Å². The number of carbonyl (C=O) groups excluding carboxylic acids is 2. The number of amides is 2. The molecule has 2 amide bonds. The predicted octanol–water partition coefficient (Wildman–Crippen LogP) is 1.11.